The molecular weight excluding hydrogens is 180 g/mol. The molecule has 0 aliphatic heterocycles. The normalized spacial score (nSPS) is 16.9. The molecule has 4 N–H and O–H groups in total. The van der Waals surface area contributed by atoms with Gasteiger partial charge in [0.05, 0.1) is 6.61 Å². The number of hydrogen-bond acceptors (Lipinski definition) is 3. The minimum atomic E-state index is 0.655. The van der Waals surface area contributed by atoms with E-state index in [2.05, 4.69) is 15.7 Å². The number of guanidine groups is 1. The van der Waals surface area contributed by atoms with E-state index in [1.165, 1.54) is 19.3 Å². The summed E-state index contributed by atoms with van der Waals surface area (Å²) in [5.74, 6) is 6.87. The summed E-state index contributed by atoms with van der Waals surface area (Å²) in [4.78, 5) is 4.31. The summed E-state index contributed by atoms with van der Waals surface area (Å²) in [5, 5.41) is 3.05. The van der Waals surface area contributed by atoms with Crippen LogP contribution < -0.4 is 16.6 Å². The Hall–Kier alpha value is -0.810. The van der Waals surface area contributed by atoms with Gasteiger partial charge in [0.2, 0.25) is 5.96 Å². The van der Waals surface area contributed by atoms with Crippen LogP contribution in [0.1, 0.15) is 19.3 Å². The summed E-state index contributed by atoms with van der Waals surface area (Å²) in [7, 11) is 1.67. The van der Waals surface area contributed by atoms with Crippen LogP contribution >= 0.6 is 0 Å². The molecule has 5 nitrogen and oxygen atoms in total. The number of hydrogen-bond donors (Lipinski definition) is 3. The molecule has 0 unspecified atom stereocenters. The molecular formula is C9H20N4O. The van der Waals surface area contributed by atoms with Crippen molar-refractivity contribution in [2.75, 3.05) is 26.8 Å². The second kappa shape index (κ2) is 6.62. The minimum absolute atomic E-state index is 0.655. The number of ether oxygens (including phenoxy) is 1. The Morgan fingerprint density at radius 2 is 2.36 bits per heavy atom. The second-order valence-electron chi connectivity index (χ2n) is 3.53. The van der Waals surface area contributed by atoms with E-state index in [-0.39, 0.29) is 0 Å². The quantitative estimate of drug-likeness (QED) is 0.183. The molecule has 0 radical (unpaired) electrons. The summed E-state index contributed by atoms with van der Waals surface area (Å²) >= 11 is 0. The van der Waals surface area contributed by atoms with Crippen LogP contribution in [0, 0.1) is 5.92 Å². The highest BCUT2D eigenvalue weighted by atomic mass is 16.5. The Bertz CT molecular complexity index is 180. The first kappa shape index (κ1) is 11.3. The van der Waals surface area contributed by atoms with Gasteiger partial charge in [0.15, 0.2) is 0 Å². The van der Waals surface area contributed by atoms with Crippen molar-refractivity contribution in [1.29, 1.82) is 0 Å². The van der Waals surface area contributed by atoms with Gasteiger partial charge < -0.3 is 10.1 Å². The van der Waals surface area contributed by atoms with Crippen molar-refractivity contribution in [2.45, 2.75) is 19.3 Å². The van der Waals surface area contributed by atoms with E-state index < -0.39 is 0 Å². The number of hydrazine groups is 1. The third kappa shape index (κ3) is 5.04. The Kier molecular flexibility index (Phi) is 5.32. The molecule has 14 heavy (non-hydrogen) atoms. The highest BCUT2D eigenvalue weighted by Gasteiger charge is 2.19. The molecule has 1 aliphatic carbocycles. The number of nitrogens with zero attached hydrogens (tertiary/aromatic N) is 1. The standard InChI is InChI=1S/C9H20N4O/c1-14-7-6-12-9(13-10)11-5-4-8-2-3-8/h8H,2-7,10H2,1H3,(H2,11,12,13). The molecule has 5 heteroatoms. The van der Waals surface area contributed by atoms with Crippen LogP contribution in [0.2, 0.25) is 0 Å². The lowest BCUT2D eigenvalue weighted by molar-refractivity contribution is 0.203. The van der Waals surface area contributed by atoms with Gasteiger partial charge in [0.25, 0.3) is 0 Å². The molecule has 0 atom stereocenters. The molecule has 82 valence electrons. The van der Waals surface area contributed by atoms with Gasteiger partial charge in [0, 0.05) is 20.2 Å². The van der Waals surface area contributed by atoms with Gasteiger partial charge in [-0.3, -0.25) is 10.4 Å². The third-order valence-electron chi connectivity index (χ3n) is 2.24. The van der Waals surface area contributed by atoms with Gasteiger partial charge in [-0.15, -0.1) is 0 Å². The summed E-state index contributed by atoms with van der Waals surface area (Å²) in [6, 6.07) is 0. The van der Waals surface area contributed by atoms with Gasteiger partial charge in [-0.25, -0.2) is 5.84 Å². The molecule has 1 rings (SSSR count). The minimum Gasteiger partial charge on any atom is -0.383 e. The Balaban J connectivity index is 2.07. The molecule has 0 bridgehead atoms. The van der Waals surface area contributed by atoms with Gasteiger partial charge >= 0.3 is 0 Å². The van der Waals surface area contributed by atoms with Crippen molar-refractivity contribution >= 4 is 5.96 Å². The first-order chi connectivity index (χ1) is 6.86. The zero-order valence-corrected chi connectivity index (χ0v) is 8.75. The van der Waals surface area contributed by atoms with Gasteiger partial charge in [-0.05, 0) is 12.3 Å². The molecule has 0 aromatic heterocycles. The summed E-state index contributed by atoms with van der Waals surface area (Å²) in [6.45, 7) is 2.23. The lowest BCUT2D eigenvalue weighted by Crippen LogP contribution is -2.42. The highest BCUT2D eigenvalue weighted by Crippen LogP contribution is 2.31. The molecule has 0 spiro atoms. The number of nitrogens with two attached hydrogens (primary N) is 1. The first-order valence-corrected chi connectivity index (χ1v) is 5.10. The highest BCUT2D eigenvalue weighted by molar-refractivity contribution is 5.79. The topological polar surface area (TPSA) is 71.7 Å². The third-order valence-corrected chi connectivity index (χ3v) is 2.24. The predicted molar refractivity (Wildman–Crippen MR) is 56.8 cm³/mol. The number of aliphatic imine (C=N–C) groups is 1. The average molecular weight is 200 g/mol. The van der Waals surface area contributed by atoms with Crippen molar-refractivity contribution < 1.29 is 4.74 Å². The zero-order chi connectivity index (χ0) is 10.2. The fraction of sp³-hybridized carbons (Fsp3) is 0.889. The van der Waals surface area contributed by atoms with Crippen LogP contribution in [-0.4, -0.2) is 32.8 Å². The fourth-order valence-corrected chi connectivity index (χ4v) is 1.19. The molecule has 0 saturated heterocycles. The van der Waals surface area contributed by atoms with Crippen molar-refractivity contribution in [3.8, 4) is 0 Å². The first-order valence-electron chi connectivity index (χ1n) is 5.10. The van der Waals surface area contributed by atoms with Crippen LogP contribution in [0.4, 0.5) is 0 Å². The van der Waals surface area contributed by atoms with Gasteiger partial charge in [0.1, 0.15) is 0 Å². The SMILES string of the molecule is COCCNC(=NCCC1CC1)NN. The smallest absolute Gasteiger partial charge is 0.205 e. The van der Waals surface area contributed by atoms with E-state index >= 15 is 0 Å². The Morgan fingerprint density at radius 3 is 2.93 bits per heavy atom. The summed E-state index contributed by atoms with van der Waals surface area (Å²) in [5.41, 5.74) is 2.54. The average Bonchev–Trinajstić information content (AvgIpc) is 2.99. The maximum absolute atomic E-state index is 5.30. The van der Waals surface area contributed by atoms with Crippen LogP contribution in [0.15, 0.2) is 4.99 Å². The lowest BCUT2D eigenvalue weighted by Gasteiger charge is -2.08. The maximum atomic E-state index is 5.30. The van der Waals surface area contributed by atoms with Crippen molar-refractivity contribution in [2.24, 2.45) is 16.8 Å². The van der Waals surface area contributed by atoms with E-state index in [0.717, 1.165) is 19.0 Å². The molecule has 0 heterocycles. The van der Waals surface area contributed by atoms with Crippen molar-refractivity contribution in [3.63, 3.8) is 0 Å². The predicted octanol–water partition coefficient (Wildman–Crippen LogP) is -0.158. The largest absolute Gasteiger partial charge is 0.383 e. The lowest BCUT2D eigenvalue weighted by atomic mass is 10.3. The van der Waals surface area contributed by atoms with Crippen LogP contribution in [0.25, 0.3) is 0 Å². The van der Waals surface area contributed by atoms with Crippen molar-refractivity contribution in [1.82, 2.24) is 10.7 Å². The number of nitrogens with one attached hydrogen (secondary N) is 2. The maximum Gasteiger partial charge on any atom is 0.205 e. The monoisotopic (exact) mass is 200 g/mol. The number of rotatable bonds is 6. The summed E-state index contributed by atoms with van der Waals surface area (Å²) < 4.78 is 4.90. The van der Waals surface area contributed by atoms with Crippen molar-refractivity contribution in [3.05, 3.63) is 0 Å². The molecule has 1 saturated carbocycles. The zero-order valence-electron chi connectivity index (χ0n) is 8.75. The molecule has 0 aromatic rings. The van der Waals surface area contributed by atoms with Crippen LogP contribution in [0.3, 0.4) is 0 Å². The van der Waals surface area contributed by atoms with E-state index in [0.29, 0.717) is 12.6 Å². The fourth-order valence-electron chi connectivity index (χ4n) is 1.19. The molecule has 1 fully saturated rings. The second-order valence-corrected chi connectivity index (χ2v) is 3.53. The van der Waals surface area contributed by atoms with E-state index in [9.17, 15) is 0 Å². The number of methoxy groups -OCH3 is 1. The molecule has 1 aliphatic rings. The Labute approximate surface area is 85.1 Å². The Morgan fingerprint density at radius 1 is 1.57 bits per heavy atom. The van der Waals surface area contributed by atoms with Crippen LogP contribution in [0.5, 0.6) is 0 Å². The van der Waals surface area contributed by atoms with E-state index in [4.69, 9.17) is 10.6 Å². The molecule has 0 amide bonds. The van der Waals surface area contributed by atoms with Crippen LogP contribution in [-0.2, 0) is 4.74 Å². The summed E-state index contributed by atoms with van der Waals surface area (Å²) in [6.07, 6.45) is 3.92. The van der Waals surface area contributed by atoms with Gasteiger partial charge in [-0.2, -0.15) is 0 Å². The van der Waals surface area contributed by atoms with E-state index in [1.54, 1.807) is 7.11 Å². The van der Waals surface area contributed by atoms with E-state index in [1.807, 2.05) is 0 Å². The molecule has 0 aromatic carbocycles. The van der Waals surface area contributed by atoms with Gasteiger partial charge in [-0.1, -0.05) is 12.8 Å².